The smallest absolute Gasteiger partial charge is 0.261 e. The molecule has 0 saturated carbocycles. The number of anilines is 2. The Hall–Kier alpha value is -3.52. The molecule has 0 aliphatic carbocycles. The summed E-state index contributed by atoms with van der Waals surface area (Å²) in [5.74, 6) is 0.766. The van der Waals surface area contributed by atoms with Crippen molar-refractivity contribution in [1.29, 1.82) is 0 Å². The van der Waals surface area contributed by atoms with E-state index in [4.69, 9.17) is 9.47 Å². The zero-order valence-corrected chi connectivity index (χ0v) is 16.7. The Balaban J connectivity index is 1.82. The fourth-order valence-electron chi connectivity index (χ4n) is 2.60. The van der Waals surface area contributed by atoms with Gasteiger partial charge in [-0.2, -0.15) is 0 Å². The van der Waals surface area contributed by atoms with E-state index in [1.807, 2.05) is 0 Å². The molecule has 0 fully saturated rings. The summed E-state index contributed by atoms with van der Waals surface area (Å²) in [4.78, 5) is 12.8. The van der Waals surface area contributed by atoms with Crippen molar-refractivity contribution in [3.63, 3.8) is 0 Å². The molecule has 0 aliphatic heterocycles. The number of ether oxygens (including phenoxy) is 2. The Morgan fingerprint density at radius 3 is 1.93 bits per heavy atom. The monoisotopic (exact) mass is 412 g/mol. The SMILES string of the molecule is COc1ccc(NC(=O)c2ccccc2NS(=O)(=O)c2ccc(OC)cc2)cc1. The molecule has 0 atom stereocenters. The molecule has 3 aromatic rings. The van der Waals surface area contributed by atoms with Gasteiger partial charge in [0.1, 0.15) is 11.5 Å². The van der Waals surface area contributed by atoms with Crippen molar-refractivity contribution in [3.8, 4) is 11.5 Å². The molecule has 0 heterocycles. The largest absolute Gasteiger partial charge is 0.497 e. The predicted molar refractivity (Wildman–Crippen MR) is 111 cm³/mol. The summed E-state index contributed by atoms with van der Waals surface area (Å²) < 4.78 is 38.0. The topological polar surface area (TPSA) is 93.7 Å². The van der Waals surface area contributed by atoms with Gasteiger partial charge in [-0.3, -0.25) is 9.52 Å². The quantitative estimate of drug-likeness (QED) is 0.616. The first kappa shape index (κ1) is 20.2. The zero-order valence-electron chi connectivity index (χ0n) is 15.9. The van der Waals surface area contributed by atoms with Crippen molar-refractivity contribution >= 4 is 27.3 Å². The van der Waals surface area contributed by atoms with E-state index < -0.39 is 15.9 Å². The van der Waals surface area contributed by atoms with Crippen molar-refractivity contribution in [1.82, 2.24) is 0 Å². The number of carbonyl (C=O) groups is 1. The van der Waals surface area contributed by atoms with Crippen LogP contribution >= 0.6 is 0 Å². The summed E-state index contributed by atoms with van der Waals surface area (Å²) in [6.45, 7) is 0. The lowest BCUT2D eigenvalue weighted by Crippen LogP contribution is -2.18. The molecule has 0 unspecified atom stereocenters. The molecule has 150 valence electrons. The lowest BCUT2D eigenvalue weighted by atomic mass is 10.1. The number of carbonyl (C=O) groups excluding carboxylic acids is 1. The van der Waals surface area contributed by atoms with Crippen LogP contribution in [-0.2, 0) is 10.0 Å². The lowest BCUT2D eigenvalue weighted by Gasteiger charge is -2.13. The van der Waals surface area contributed by atoms with Gasteiger partial charge in [0.15, 0.2) is 0 Å². The van der Waals surface area contributed by atoms with Crippen molar-refractivity contribution in [2.45, 2.75) is 4.90 Å². The molecule has 29 heavy (non-hydrogen) atoms. The Kier molecular flexibility index (Phi) is 6.04. The Morgan fingerprint density at radius 1 is 0.793 bits per heavy atom. The second-order valence-electron chi connectivity index (χ2n) is 6.01. The van der Waals surface area contributed by atoms with E-state index in [2.05, 4.69) is 10.0 Å². The summed E-state index contributed by atoms with van der Waals surface area (Å²) in [7, 11) is -0.825. The Labute approximate surface area is 169 Å². The summed E-state index contributed by atoms with van der Waals surface area (Å²) in [6.07, 6.45) is 0. The van der Waals surface area contributed by atoms with E-state index in [9.17, 15) is 13.2 Å². The van der Waals surface area contributed by atoms with E-state index in [1.54, 1.807) is 61.7 Å². The highest BCUT2D eigenvalue weighted by atomic mass is 32.2. The molecule has 8 heteroatoms. The highest BCUT2D eigenvalue weighted by molar-refractivity contribution is 7.92. The molecule has 0 aromatic heterocycles. The van der Waals surface area contributed by atoms with Crippen LogP contribution in [0.3, 0.4) is 0 Å². The number of benzene rings is 3. The van der Waals surface area contributed by atoms with Crippen molar-refractivity contribution < 1.29 is 22.7 Å². The molecule has 2 N–H and O–H groups in total. The molecule has 0 radical (unpaired) electrons. The number of nitrogens with one attached hydrogen (secondary N) is 2. The van der Waals surface area contributed by atoms with Gasteiger partial charge in [0, 0.05) is 5.69 Å². The maximum Gasteiger partial charge on any atom is 0.261 e. The van der Waals surface area contributed by atoms with Crippen LogP contribution in [0.5, 0.6) is 11.5 Å². The standard InChI is InChI=1S/C21H20N2O5S/c1-27-16-9-7-15(8-10-16)22-21(24)19-5-3-4-6-20(19)23-29(25,26)18-13-11-17(28-2)12-14-18/h3-14,23H,1-2H3,(H,22,24). The van der Waals surface area contributed by atoms with Crippen LogP contribution < -0.4 is 19.5 Å². The van der Waals surface area contributed by atoms with Crippen LogP contribution in [0.25, 0.3) is 0 Å². The van der Waals surface area contributed by atoms with Crippen LogP contribution in [-0.4, -0.2) is 28.5 Å². The van der Waals surface area contributed by atoms with Crippen LogP contribution in [0.4, 0.5) is 11.4 Å². The summed E-state index contributed by atoms with van der Waals surface area (Å²) in [5, 5.41) is 2.74. The van der Waals surface area contributed by atoms with Gasteiger partial charge in [0.2, 0.25) is 0 Å². The Bertz CT molecular complexity index is 1090. The van der Waals surface area contributed by atoms with E-state index in [-0.39, 0.29) is 16.1 Å². The molecule has 3 rings (SSSR count). The van der Waals surface area contributed by atoms with E-state index in [1.165, 1.54) is 25.3 Å². The van der Waals surface area contributed by atoms with Gasteiger partial charge >= 0.3 is 0 Å². The van der Waals surface area contributed by atoms with Crippen molar-refractivity contribution in [3.05, 3.63) is 78.4 Å². The number of sulfonamides is 1. The molecular weight excluding hydrogens is 392 g/mol. The van der Waals surface area contributed by atoms with Crippen LogP contribution in [0.2, 0.25) is 0 Å². The normalized spacial score (nSPS) is 10.8. The average molecular weight is 412 g/mol. The lowest BCUT2D eigenvalue weighted by molar-refractivity contribution is 0.102. The van der Waals surface area contributed by atoms with Gasteiger partial charge in [-0.15, -0.1) is 0 Å². The van der Waals surface area contributed by atoms with Gasteiger partial charge in [-0.05, 0) is 60.7 Å². The highest BCUT2D eigenvalue weighted by Gasteiger charge is 2.19. The third-order valence-corrected chi connectivity index (χ3v) is 5.52. The van der Waals surface area contributed by atoms with Gasteiger partial charge in [-0.25, -0.2) is 8.42 Å². The van der Waals surface area contributed by atoms with E-state index in [0.717, 1.165) is 0 Å². The van der Waals surface area contributed by atoms with E-state index in [0.29, 0.717) is 17.2 Å². The fourth-order valence-corrected chi connectivity index (χ4v) is 3.68. The molecule has 7 nitrogen and oxygen atoms in total. The van der Waals surface area contributed by atoms with Gasteiger partial charge in [0.05, 0.1) is 30.4 Å². The summed E-state index contributed by atoms with van der Waals surface area (Å²) in [5.41, 5.74) is 0.929. The molecule has 0 aliphatic rings. The zero-order chi connectivity index (χ0) is 20.9. The minimum atomic E-state index is -3.88. The molecule has 0 spiro atoms. The maximum absolute atomic E-state index is 12.7. The summed E-state index contributed by atoms with van der Waals surface area (Å²) in [6, 6.07) is 19.2. The number of hydrogen-bond donors (Lipinski definition) is 2. The number of para-hydroxylation sites is 1. The fraction of sp³-hybridized carbons (Fsp3) is 0.0952. The van der Waals surface area contributed by atoms with Crippen LogP contribution in [0.15, 0.2) is 77.7 Å². The highest BCUT2D eigenvalue weighted by Crippen LogP contribution is 2.23. The number of hydrogen-bond acceptors (Lipinski definition) is 5. The van der Waals surface area contributed by atoms with Gasteiger partial charge in [0.25, 0.3) is 15.9 Å². The molecule has 3 aromatic carbocycles. The van der Waals surface area contributed by atoms with Gasteiger partial charge in [-0.1, -0.05) is 12.1 Å². The second-order valence-corrected chi connectivity index (χ2v) is 7.69. The number of rotatable bonds is 7. The van der Waals surface area contributed by atoms with Crippen LogP contribution in [0.1, 0.15) is 10.4 Å². The minimum Gasteiger partial charge on any atom is -0.497 e. The minimum absolute atomic E-state index is 0.0589. The molecule has 0 bridgehead atoms. The second kappa shape index (κ2) is 8.66. The maximum atomic E-state index is 12.7. The van der Waals surface area contributed by atoms with Gasteiger partial charge < -0.3 is 14.8 Å². The van der Waals surface area contributed by atoms with Crippen molar-refractivity contribution in [2.75, 3.05) is 24.3 Å². The number of amides is 1. The first-order chi connectivity index (χ1) is 13.9. The van der Waals surface area contributed by atoms with E-state index >= 15 is 0 Å². The average Bonchev–Trinajstić information content (AvgIpc) is 2.74. The third kappa shape index (κ3) is 4.85. The Morgan fingerprint density at radius 2 is 1.34 bits per heavy atom. The predicted octanol–water partition coefficient (Wildman–Crippen LogP) is 3.76. The molecule has 0 saturated heterocycles. The first-order valence-corrected chi connectivity index (χ1v) is 10.1. The molecular formula is C21H20N2O5S. The van der Waals surface area contributed by atoms with Crippen molar-refractivity contribution in [2.24, 2.45) is 0 Å². The first-order valence-electron chi connectivity index (χ1n) is 8.64. The molecule has 1 amide bonds. The van der Waals surface area contributed by atoms with Crippen LogP contribution in [0, 0.1) is 0 Å². The summed E-state index contributed by atoms with van der Waals surface area (Å²) >= 11 is 0. The third-order valence-electron chi connectivity index (χ3n) is 4.13. The number of methoxy groups -OCH3 is 2.